The zero-order valence-corrected chi connectivity index (χ0v) is 12.3. The molecule has 0 heterocycles. The molecule has 0 aliphatic heterocycles. The molecule has 21 heavy (non-hydrogen) atoms. The Kier molecular flexibility index (Phi) is 6.78. The maximum atomic E-state index is 9.18. The molecular weight excluding hydrogens is 262 g/mol. The van der Waals surface area contributed by atoms with Crippen molar-refractivity contribution in [3.8, 4) is 5.75 Å². The van der Waals surface area contributed by atoms with Crippen molar-refractivity contribution in [3.63, 3.8) is 0 Å². The zero-order valence-electron chi connectivity index (χ0n) is 12.3. The molecule has 0 radical (unpaired) electrons. The highest BCUT2D eigenvalue weighted by atomic mass is 16.5. The average molecular weight is 285 g/mol. The first kappa shape index (κ1) is 15.5. The van der Waals surface area contributed by atoms with Gasteiger partial charge in [-0.2, -0.15) is 0 Å². The van der Waals surface area contributed by atoms with E-state index >= 15 is 0 Å². The van der Waals surface area contributed by atoms with Gasteiger partial charge in [-0.25, -0.2) is 0 Å². The molecule has 3 heteroatoms. The maximum absolute atomic E-state index is 9.18. The van der Waals surface area contributed by atoms with E-state index in [0.29, 0.717) is 13.2 Å². The van der Waals surface area contributed by atoms with Gasteiger partial charge < -0.3 is 9.84 Å². The predicted molar refractivity (Wildman–Crippen MR) is 85.4 cm³/mol. The number of nitrogens with zero attached hydrogens (tertiary/aromatic N) is 1. The fraction of sp³-hybridized carbons (Fsp3) is 0.333. The standard InChI is InChI=1S/C18H23NO2/c20-14-13-19(16-17-8-3-1-4-9-17)12-7-15-21-18-10-5-2-6-11-18/h1-6,8-11,20H,7,12-16H2. The van der Waals surface area contributed by atoms with Crippen LogP contribution < -0.4 is 4.74 Å². The molecule has 0 aromatic heterocycles. The van der Waals surface area contributed by atoms with Crippen LogP contribution in [0.5, 0.6) is 5.75 Å². The summed E-state index contributed by atoms with van der Waals surface area (Å²) in [5.41, 5.74) is 1.27. The van der Waals surface area contributed by atoms with Crippen LogP contribution in [0, 0.1) is 0 Å². The Balaban J connectivity index is 1.72. The Morgan fingerprint density at radius 1 is 0.857 bits per heavy atom. The van der Waals surface area contributed by atoms with Crippen LogP contribution in [0.15, 0.2) is 60.7 Å². The number of ether oxygens (including phenoxy) is 1. The van der Waals surface area contributed by atoms with Gasteiger partial charge in [0.25, 0.3) is 0 Å². The van der Waals surface area contributed by atoms with Crippen molar-refractivity contribution in [2.75, 3.05) is 26.3 Å². The Morgan fingerprint density at radius 2 is 1.52 bits per heavy atom. The van der Waals surface area contributed by atoms with Crippen LogP contribution in [-0.4, -0.2) is 36.3 Å². The van der Waals surface area contributed by atoms with E-state index in [4.69, 9.17) is 4.74 Å². The number of hydrogen-bond donors (Lipinski definition) is 1. The van der Waals surface area contributed by atoms with Gasteiger partial charge in [0.15, 0.2) is 0 Å². The Bertz CT molecular complexity index is 487. The third-order valence-electron chi connectivity index (χ3n) is 3.30. The SMILES string of the molecule is OCCN(CCCOc1ccccc1)Cc1ccccc1. The van der Waals surface area contributed by atoms with Crippen LogP contribution in [0.2, 0.25) is 0 Å². The van der Waals surface area contributed by atoms with Crippen LogP contribution in [0.4, 0.5) is 0 Å². The molecule has 0 saturated heterocycles. The first-order valence-corrected chi connectivity index (χ1v) is 7.43. The molecule has 0 saturated carbocycles. The quantitative estimate of drug-likeness (QED) is 0.719. The largest absolute Gasteiger partial charge is 0.494 e. The van der Waals surface area contributed by atoms with Crippen LogP contribution >= 0.6 is 0 Å². The minimum Gasteiger partial charge on any atom is -0.494 e. The lowest BCUT2D eigenvalue weighted by Crippen LogP contribution is -2.28. The summed E-state index contributed by atoms with van der Waals surface area (Å²) in [5, 5.41) is 9.18. The van der Waals surface area contributed by atoms with Crippen LogP contribution in [0.3, 0.4) is 0 Å². The molecule has 2 aromatic rings. The van der Waals surface area contributed by atoms with Gasteiger partial charge in [0.1, 0.15) is 5.75 Å². The molecule has 0 amide bonds. The van der Waals surface area contributed by atoms with Crippen LogP contribution in [0.1, 0.15) is 12.0 Å². The molecule has 3 nitrogen and oxygen atoms in total. The molecule has 2 rings (SSSR count). The molecule has 0 bridgehead atoms. The second-order valence-electron chi connectivity index (χ2n) is 5.00. The fourth-order valence-electron chi connectivity index (χ4n) is 2.25. The second kappa shape index (κ2) is 9.16. The summed E-state index contributed by atoms with van der Waals surface area (Å²) in [5.74, 6) is 0.911. The number of aliphatic hydroxyl groups excluding tert-OH is 1. The van der Waals surface area contributed by atoms with E-state index in [1.807, 2.05) is 48.5 Å². The molecule has 0 fully saturated rings. The van der Waals surface area contributed by atoms with Crippen molar-refractivity contribution in [3.05, 3.63) is 66.2 Å². The number of para-hydroxylation sites is 1. The summed E-state index contributed by atoms with van der Waals surface area (Å²) >= 11 is 0. The summed E-state index contributed by atoms with van der Waals surface area (Å²) in [4.78, 5) is 2.25. The highest BCUT2D eigenvalue weighted by Crippen LogP contribution is 2.09. The van der Waals surface area contributed by atoms with E-state index in [-0.39, 0.29) is 6.61 Å². The number of benzene rings is 2. The molecule has 0 spiro atoms. The van der Waals surface area contributed by atoms with E-state index in [9.17, 15) is 5.11 Å². The van der Waals surface area contributed by atoms with Crippen molar-refractivity contribution >= 4 is 0 Å². The van der Waals surface area contributed by atoms with Gasteiger partial charge in [0, 0.05) is 19.6 Å². The van der Waals surface area contributed by atoms with Gasteiger partial charge in [0.05, 0.1) is 13.2 Å². The molecule has 0 atom stereocenters. The minimum atomic E-state index is 0.187. The third kappa shape index (κ3) is 5.98. The summed E-state index contributed by atoms with van der Waals surface area (Å²) in [6, 6.07) is 20.2. The Hall–Kier alpha value is -1.84. The maximum Gasteiger partial charge on any atom is 0.119 e. The van der Waals surface area contributed by atoms with Crippen LogP contribution in [0.25, 0.3) is 0 Å². The highest BCUT2D eigenvalue weighted by molar-refractivity contribution is 5.20. The van der Waals surface area contributed by atoms with Gasteiger partial charge in [-0.3, -0.25) is 4.90 Å². The highest BCUT2D eigenvalue weighted by Gasteiger charge is 2.05. The molecule has 2 aromatic carbocycles. The third-order valence-corrected chi connectivity index (χ3v) is 3.30. The lowest BCUT2D eigenvalue weighted by atomic mass is 10.2. The Morgan fingerprint density at radius 3 is 2.19 bits per heavy atom. The number of rotatable bonds is 9. The van der Waals surface area contributed by atoms with Gasteiger partial charge in [-0.15, -0.1) is 0 Å². The minimum absolute atomic E-state index is 0.187. The molecule has 0 aliphatic rings. The summed E-state index contributed by atoms with van der Waals surface area (Å²) in [7, 11) is 0. The zero-order chi connectivity index (χ0) is 14.8. The molecule has 0 unspecified atom stereocenters. The Labute approximate surface area is 126 Å². The van der Waals surface area contributed by atoms with E-state index in [2.05, 4.69) is 17.0 Å². The van der Waals surface area contributed by atoms with Crippen molar-refractivity contribution in [2.45, 2.75) is 13.0 Å². The predicted octanol–water partition coefficient (Wildman–Crippen LogP) is 2.95. The summed E-state index contributed by atoms with van der Waals surface area (Å²) in [6.45, 7) is 3.36. The topological polar surface area (TPSA) is 32.7 Å². The van der Waals surface area contributed by atoms with E-state index < -0.39 is 0 Å². The monoisotopic (exact) mass is 285 g/mol. The lowest BCUT2D eigenvalue weighted by molar-refractivity contribution is 0.178. The lowest BCUT2D eigenvalue weighted by Gasteiger charge is -2.21. The van der Waals surface area contributed by atoms with Gasteiger partial charge in [0.2, 0.25) is 0 Å². The van der Waals surface area contributed by atoms with Gasteiger partial charge in [-0.1, -0.05) is 48.5 Å². The summed E-state index contributed by atoms with van der Waals surface area (Å²) in [6.07, 6.45) is 0.946. The van der Waals surface area contributed by atoms with Crippen molar-refractivity contribution < 1.29 is 9.84 Å². The molecular formula is C18H23NO2. The number of aliphatic hydroxyl groups is 1. The summed E-state index contributed by atoms with van der Waals surface area (Å²) < 4.78 is 5.70. The molecule has 0 aliphatic carbocycles. The second-order valence-corrected chi connectivity index (χ2v) is 5.00. The van der Waals surface area contributed by atoms with E-state index in [1.165, 1.54) is 5.56 Å². The average Bonchev–Trinajstić information content (AvgIpc) is 2.54. The van der Waals surface area contributed by atoms with Crippen molar-refractivity contribution in [2.24, 2.45) is 0 Å². The molecule has 112 valence electrons. The van der Waals surface area contributed by atoms with Crippen molar-refractivity contribution in [1.82, 2.24) is 4.90 Å². The first-order valence-electron chi connectivity index (χ1n) is 7.43. The van der Waals surface area contributed by atoms with E-state index in [0.717, 1.165) is 25.3 Å². The normalized spacial score (nSPS) is 10.8. The van der Waals surface area contributed by atoms with E-state index in [1.54, 1.807) is 0 Å². The van der Waals surface area contributed by atoms with Gasteiger partial charge in [-0.05, 0) is 24.1 Å². The van der Waals surface area contributed by atoms with Gasteiger partial charge >= 0.3 is 0 Å². The molecule has 1 N–H and O–H groups in total. The first-order chi connectivity index (χ1) is 10.4. The van der Waals surface area contributed by atoms with Crippen molar-refractivity contribution in [1.29, 1.82) is 0 Å². The fourth-order valence-corrected chi connectivity index (χ4v) is 2.25. The number of hydrogen-bond acceptors (Lipinski definition) is 3. The van der Waals surface area contributed by atoms with Crippen LogP contribution in [-0.2, 0) is 6.54 Å². The smallest absolute Gasteiger partial charge is 0.119 e.